The van der Waals surface area contributed by atoms with Crippen LogP contribution >= 0.6 is 15.9 Å². The molecule has 0 saturated carbocycles. The standard InChI is InChI=1S/C11H8BrFN4O/c12-7-2-1-6(3-8(7)13)16-11(18)9-4-15-5-10(14)17-9/h1-5H,(H2,14,17)(H,16,18). The fourth-order valence-electron chi connectivity index (χ4n) is 1.26. The largest absolute Gasteiger partial charge is 0.382 e. The second kappa shape index (κ2) is 5.09. The Labute approximate surface area is 110 Å². The molecule has 0 bridgehead atoms. The molecular weight excluding hydrogens is 303 g/mol. The van der Waals surface area contributed by atoms with Crippen molar-refractivity contribution in [1.29, 1.82) is 0 Å². The average molecular weight is 311 g/mol. The number of benzene rings is 1. The van der Waals surface area contributed by atoms with Gasteiger partial charge in [0, 0.05) is 5.69 Å². The lowest BCUT2D eigenvalue weighted by Crippen LogP contribution is -2.14. The third-order valence-corrected chi connectivity index (χ3v) is 2.71. The molecule has 92 valence electrons. The summed E-state index contributed by atoms with van der Waals surface area (Å²) in [5, 5.41) is 2.50. The highest BCUT2D eigenvalue weighted by atomic mass is 79.9. The molecule has 0 radical (unpaired) electrons. The number of aromatic nitrogens is 2. The number of anilines is 2. The number of hydrogen-bond donors (Lipinski definition) is 2. The van der Waals surface area contributed by atoms with Gasteiger partial charge < -0.3 is 11.1 Å². The molecule has 1 aromatic heterocycles. The van der Waals surface area contributed by atoms with Crippen molar-refractivity contribution in [3.8, 4) is 0 Å². The third-order valence-electron chi connectivity index (χ3n) is 2.06. The maximum absolute atomic E-state index is 13.3. The molecule has 3 N–H and O–H groups in total. The van der Waals surface area contributed by atoms with Gasteiger partial charge in [-0.1, -0.05) is 0 Å². The van der Waals surface area contributed by atoms with E-state index >= 15 is 0 Å². The summed E-state index contributed by atoms with van der Waals surface area (Å²) in [5.74, 6) is -0.826. The van der Waals surface area contributed by atoms with Gasteiger partial charge in [-0.3, -0.25) is 9.78 Å². The van der Waals surface area contributed by atoms with Crippen molar-refractivity contribution in [2.75, 3.05) is 11.1 Å². The average Bonchev–Trinajstić information content (AvgIpc) is 2.34. The van der Waals surface area contributed by atoms with Crippen LogP contribution in [0.25, 0.3) is 0 Å². The maximum atomic E-state index is 13.3. The second-order valence-corrected chi connectivity index (χ2v) is 4.27. The molecule has 1 aromatic carbocycles. The van der Waals surface area contributed by atoms with E-state index in [0.29, 0.717) is 10.2 Å². The van der Waals surface area contributed by atoms with Gasteiger partial charge in [-0.25, -0.2) is 9.37 Å². The van der Waals surface area contributed by atoms with Gasteiger partial charge in [0.25, 0.3) is 5.91 Å². The van der Waals surface area contributed by atoms with E-state index in [1.165, 1.54) is 24.5 Å². The molecule has 2 rings (SSSR count). The first-order valence-electron chi connectivity index (χ1n) is 4.90. The van der Waals surface area contributed by atoms with Crippen LogP contribution in [0.4, 0.5) is 15.9 Å². The van der Waals surface area contributed by atoms with Gasteiger partial charge in [0.05, 0.1) is 16.9 Å². The molecule has 0 atom stereocenters. The van der Waals surface area contributed by atoms with E-state index < -0.39 is 11.7 Å². The molecule has 0 saturated heterocycles. The zero-order chi connectivity index (χ0) is 13.1. The van der Waals surface area contributed by atoms with Crippen LogP contribution in [-0.2, 0) is 0 Å². The number of nitrogens with zero attached hydrogens (tertiary/aromatic N) is 2. The van der Waals surface area contributed by atoms with Crippen molar-refractivity contribution < 1.29 is 9.18 Å². The van der Waals surface area contributed by atoms with E-state index in [4.69, 9.17) is 5.73 Å². The Morgan fingerprint density at radius 1 is 1.39 bits per heavy atom. The Balaban J connectivity index is 2.18. The lowest BCUT2D eigenvalue weighted by Gasteiger charge is -2.05. The van der Waals surface area contributed by atoms with Crippen molar-refractivity contribution in [3.05, 3.63) is 46.6 Å². The third kappa shape index (κ3) is 2.80. The summed E-state index contributed by atoms with van der Waals surface area (Å²) in [4.78, 5) is 19.3. The number of carbonyl (C=O) groups excluding carboxylic acids is 1. The molecule has 0 fully saturated rings. The fraction of sp³-hybridized carbons (Fsp3) is 0. The lowest BCUT2D eigenvalue weighted by molar-refractivity contribution is 0.102. The summed E-state index contributed by atoms with van der Waals surface area (Å²) < 4.78 is 13.6. The number of nitrogens with one attached hydrogen (secondary N) is 1. The maximum Gasteiger partial charge on any atom is 0.275 e. The van der Waals surface area contributed by atoms with Gasteiger partial charge in [0.15, 0.2) is 0 Å². The van der Waals surface area contributed by atoms with Crippen LogP contribution in [0.5, 0.6) is 0 Å². The molecule has 1 amide bonds. The fourth-order valence-corrected chi connectivity index (χ4v) is 1.51. The number of halogens is 2. The van der Waals surface area contributed by atoms with Gasteiger partial charge >= 0.3 is 0 Å². The van der Waals surface area contributed by atoms with Crippen molar-refractivity contribution >= 4 is 33.3 Å². The Bertz CT molecular complexity index is 605. The zero-order valence-electron chi connectivity index (χ0n) is 9.02. The Kier molecular flexibility index (Phi) is 3.52. The molecule has 0 unspecified atom stereocenters. The van der Waals surface area contributed by atoms with E-state index in [-0.39, 0.29) is 11.5 Å². The van der Waals surface area contributed by atoms with E-state index in [1.807, 2.05) is 0 Å². The van der Waals surface area contributed by atoms with Gasteiger partial charge in [-0.2, -0.15) is 0 Å². The number of nitrogens with two attached hydrogens (primary N) is 1. The molecule has 0 aliphatic heterocycles. The first-order valence-corrected chi connectivity index (χ1v) is 5.69. The van der Waals surface area contributed by atoms with Crippen LogP contribution in [0.3, 0.4) is 0 Å². The Morgan fingerprint density at radius 3 is 2.83 bits per heavy atom. The van der Waals surface area contributed by atoms with Crippen LogP contribution in [0.1, 0.15) is 10.5 Å². The first kappa shape index (κ1) is 12.4. The Hall–Kier alpha value is -2.02. The molecule has 0 spiro atoms. The first-order chi connectivity index (χ1) is 8.56. The summed E-state index contributed by atoms with van der Waals surface area (Å²) in [5.41, 5.74) is 5.81. The van der Waals surface area contributed by atoms with Crippen LogP contribution in [-0.4, -0.2) is 15.9 Å². The number of hydrogen-bond acceptors (Lipinski definition) is 4. The highest BCUT2D eigenvalue weighted by Gasteiger charge is 2.09. The minimum atomic E-state index is -0.503. The summed E-state index contributed by atoms with van der Waals surface area (Å²) in [7, 11) is 0. The number of amides is 1. The van der Waals surface area contributed by atoms with Crippen molar-refractivity contribution in [1.82, 2.24) is 9.97 Å². The minimum absolute atomic E-state index is 0.0679. The predicted octanol–water partition coefficient (Wildman–Crippen LogP) is 2.21. The summed E-state index contributed by atoms with van der Waals surface area (Å²) in [6, 6.07) is 4.25. The molecule has 7 heteroatoms. The van der Waals surface area contributed by atoms with E-state index in [0.717, 1.165) is 0 Å². The van der Waals surface area contributed by atoms with Gasteiger partial charge in [0.2, 0.25) is 0 Å². The van der Waals surface area contributed by atoms with Crippen molar-refractivity contribution in [3.63, 3.8) is 0 Å². The minimum Gasteiger partial charge on any atom is -0.382 e. The molecule has 18 heavy (non-hydrogen) atoms. The van der Waals surface area contributed by atoms with Gasteiger partial charge in [0.1, 0.15) is 17.3 Å². The van der Waals surface area contributed by atoms with Crippen LogP contribution in [0.15, 0.2) is 35.1 Å². The van der Waals surface area contributed by atoms with Crippen molar-refractivity contribution in [2.45, 2.75) is 0 Å². The van der Waals surface area contributed by atoms with E-state index in [9.17, 15) is 9.18 Å². The van der Waals surface area contributed by atoms with Gasteiger partial charge in [-0.05, 0) is 34.1 Å². The molecule has 2 aromatic rings. The van der Waals surface area contributed by atoms with Gasteiger partial charge in [-0.15, -0.1) is 0 Å². The summed E-state index contributed by atoms with van der Waals surface area (Å²) in [6.45, 7) is 0. The summed E-state index contributed by atoms with van der Waals surface area (Å²) >= 11 is 3.02. The second-order valence-electron chi connectivity index (χ2n) is 3.41. The van der Waals surface area contributed by atoms with E-state index in [2.05, 4.69) is 31.2 Å². The van der Waals surface area contributed by atoms with Crippen LogP contribution in [0.2, 0.25) is 0 Å². The highest BCUT2D eigenvalue weighted by molar-refractivity contribution is 9.10. The molecule has 1 heterocycles. The quantitative estimate of drug-likeness (QED) is 0.891. The zero-order valence-corrected chi connectivity index (χ0v) is 10.6. The smallest absolute Gasteiger partial charge is 0.275 e. The molecule has 0 aliphatic rings. The molecular formula is C11H8BrFN4O. The van der Waals surface area contributed by atoms with Crippen LogP contribution < -0.4 is 11.1 Å². The molecule has 0 aliphatic carbocycles. The monoisotopic (exact) mass is 310 g/mol. The number of carbonyl (C=O) groups is 1. The lowest BCUT2D eigenvalue weighted by atomic mass is 10.3. The van der Waals surface area contributed by atoms with E-state index in [1.54, 1.807) is 6.07 Å². The summed E-state index contributed by atoms with van der Waals surface area (Å²) in [6.07, 6.45) is 2.61. The SMILES string of the molecule is Nc1cncc(C(=O)Nc2ccc(Br)c(F)c2)n1. The highest BCUT2D eigenvalue weighted by Crippen LogP contribution is 2.19. The Morgan fingerprint density at radius 2 is 2.17 bits per heavy atom. The topological polar surface area (TPSA) is 80.9 Å². The predicted molar refractivity (Wildman–Crippen MR) is 68.5 cm³/mol. The number of nitrogen functional groups attached to an aromatic ring is 1. The van der Waals surface area contributed by atoms with Crippen LogP contribution in [0, 0.1) is 5.82 Å². The van der Waals surface area contributed by atoms with Crippen molar-refractivity contribution in [2.24, 2.45) is 0 Å². The molecule has 5 nitrogen and oxygen atoms in total. The normalized spacial score (nSPS) is 10.1. The number of rotatable bonds is 2.